The van der Waals surface area contributed by atoms with Crippen LogP contribution in [0.5, 0.6) is 0 Å². The molecule has 0 saturated carbocycles. The van der Waals surface area contributed by atoms with Gasteiger partial charge in [0.1, 0.15) is 0 Å². The molecule has 5 heteroatoms. The number of hydrogen-bond donors (Lipinski definition) is 0. The molecule has 0 N–H and O–H groups in total. The van der Waals surface area contributed by atoms with Gasteiger partial charge in [0.15, 0.2) is 0 Å². The zero-order valence-corrected chi connectivity index (χ0v) is 6.43. The minimum absolute atomic E-state index is 2.00. The fraction of sp³-hybridized carbons (Fsp3) is 0.250. The lowest BCUT2D eigenvalue weighted by molar-refractivity contribution is -0.219. The van der Waals surface area contributed by atoms with E-state index in [4.69, 9.17) is 0 Å². The molecule has 0 spiro atoms. The van der Waals surface area contributed by atoms with Crippen LogP contribution in [0.15, 0.2) is 36.4 Å². The first kappa shape index (κ1) is 11.9. The Labute approximate surface area is 72.0 Å². The summed E-state index contributed by atoms with van der Waals surface area (Å²) in [6.07, 6.45) is -9.53. The summed E-state index contributed by atoms with van der Waals surface area (Å²) in [6.45, 7) is 0. The van der Waals surface area contributed by atoms with Crippen LogP contribution in [0.4, 0.5) is 22.0 Å². The topological polar surface area (TPSA) is 0 Å². The summed E-state index contributed by atoms with van der Waals surface area (Å²) < 4.78 is 52.1. The normalized spacial score (nSPS) is 10.6. The van der Waals surface area contributed by atoms with Crippen molar-refractivity contribution in [1.29, 1.82) is 0 Å². The number of halogens is 5. The Kier molecular flexibility index (Phi) is 5.03. The van der Waals surface area contributed by atoms with Crippen LogP contribution in [-0.2, 0) is 0 Å². The van der Waals surface area contributed by atoms with Crippen LogP contribution in [0.1, 0.15) is 0 Å². The third-order valence-corrected chi connectivity index (χ3v) is 0.914. The van der Waals surface area contributed by atoms with E-state index in [0.717, 1.165) is 0 Å². The lowest BCUT2D eigenvalue weighted by Crippen LogP contribution is -2.18. The quantitative estimate of drug-likeness (QED) is 0.559. The van der Waals surface area contributed by atoms with Gasteiger partial charge in [-0.1, -0.05) is 36.4 Å². The molecule has 13 heavy (non-hydrogen) atoms. The average molecular weight is 198 g/mol. The van der Waals surface area contributed by atoms with Gasteiger partial charge in [0.05, 0.1) is 0 Å². The van der Waals surface area contributed by atoms with E-state index in [0.29, 0.717) is 0 Å². The molecule has 0 bridgehead atoms. The first-order chi connectivity index (χ1) is 5.94. The summed E-state index contributed by atoms with van der Waals surface area (Å²) in [5.41, 5.74) is 0. The highest BCUT2D eigenvalue weighted by Crippen LogP contribution is 2.22. The molecule has 0 fully saturated rings. The van der Waals surface area contributed by atoms with Crippen LogP contribution in [-0.4, -0.2) is 12.6 Å². The van der Waals surface area contributed by atoms with Crippen LogP contribution in [0.2, 0.25) is 0 Å². The third-order valence-electron chi connectivity index (χ3n) is 0.914. The summed E-state index contributed by atoms with van der Waals surface area (Å²) in [5, 5.41) is 0. The van der Waals surface area contributed by atoms with E-state index in [9.17, 15) is 22.0 Å². The predicted molar refractivity (Wildman–Crippen MR) is 38.5 cm³/mol. The molecule has 0 unspecified atom stereocenters. The number of alkyl halides is 5. The second-order valence-corrected chi connectivity index (χ2v) is 2.00. The number of benzene rings is 1. The molecule has 74 valence electrons. The minimum atomic E-state index is -5.33. The van der Waals surface area contributed by atoms with Gasteiger partial charge in [-0.25, -0.2) is 8.78 Å². The van der Waals surface area contributed by atoms with Gasteiger partial charge < -0.3 is 0 Å². The summed E-state index contributed by atoms with van der Waals surface area (Å²) in [7, 11) is 0. The van der Waals surface area contributed by atoms with Crippen molar-refractivity contribution < 1.29 is 22.0 Å². The van der Waals surface area contributed by atoms with Gasteiger partial charge in [-0.3, -0.25) is 0 Å². The van der Waals surface area contributed by atoms with E-state index >= 15 is 0 Å². The highest BCUT2D eigenvalue weighted by Gasteiger charge is 2.40. The molecule has 0 aliphatic carbocycles. The van der Waals surface area contributed by atoms with E-state index in [-0.39, 0.29) is 0 Å². The van der Waals surface area contributed by atoms with Crippen molar-refractivity contribution in [3.63, 3.8) is 0 Å². The van der Waals surface area contributed by atoms with Gasteiger partial charge in [-0.15, -0.1) is 0 Å². The maximum atomic E-state index is 10.4. The van der Waals surface area contributed by atoms with Crippen LogP contribution in [0.25, 0.3) is 0 Å². The Hall–Kier alpha value is -1.13. The van der Waals surface area contributed by atoms with Gasteiger partial charge in [-0.2, -0.15) is 13.2 Å². The molecule has 0 radical (unpaired) electrons. The van der Waals surface area contributed by atoms with Crippen LogP contribution in [0.3, 0.4) is 0 Å². The molecular formula is C8H7F5. The lowest BCUT2D eigenvalue weighted by atomic mass is 10.4. The molecule has 0 aliphatic heterocycles. The minimum Gasteiger partial charge on any atom is -0.200 e. The van der Waals surface area contributed by atoms with E-state index in [1.165, 1.54) is 0 Å². The molecule has 1 aromatic rings. The Morgan fingerprint density at radius 2 is 0.846 bits per heavy atom. The fourth-order valence-electron chi connectivity index (χ4n) is 0.385. The van der Waals surface area contributed by atoms with Crippen LogP contribution in [0, 0.1) is 0 Å². The highest BCUT2D eigenvalue weighted by molar-refractivity contribution is 4.99. The van der Waals surface area contributed by atoms with Crippen molar-refractivity contribution in [3.05, 3.63) is 36.4 Å². The van der Waals surface area contributed by atoms with Crippen molar-refractivity contribution >= 4 is 0 Å². The van der Waals surface area contributed by atoms with E-state index in [2.05, 4.69) is 0 Å². The van der Waals surface area contributed by atoms with Crippen LogP contribution < -0.4 is 0 Å². The maximum absolute atomic E-state index is 10.4. The summed E-state index contributed by atoms with van der Waals surface area (Å²) >= 11 is 0. The van der Waals surface area contributed by atoms with Gasteiger partial charge in [0.2, 0.25) is 0 Å². The Morgan fingerprint density at radius 3 is 0.923 bits per heavy atom. The van der Waals surface area contributed by atoms with Gasteiger partial charge >= 0.3 is 12.6 Å². The number of hydrogen-bond acceptors (Lipinski definition) is 0. The SMILES string of the molecule is FC(F)C(F)(F)F.c1ccccc1. The molecular weight excluding hydrogens is 191 g/mol. The average Bonchev–Trinajstić information content (AvgIpc) is 2.07. The largest absolute Gasteiger partial charge is 0.450 e. The zero-order valence-electron chi connectivity index (χ0n) is 6.43. The van der Waals surface area contributed by atoms with Crippen molar-refractivity contribution in [2.24, 2.45) is 0 Å². The van der Waals surface area contributed by atoms with E-state index < -0.39 is 12.6 Å². The monoisotopic (exact) mass is 198 g/mol. The van der Waals surface area contributed by atoms with E-state index in [1.54, 1.807) is 0 Å². The molecule has 0 atom stereocenters. The molecule has 0 aromatic heterocycles. The fourth-order valence-corrected chi connectivity index (χ4v) is 0.385. The maximum Gasteiger partial charge on any atom is 0.450 e. The van der Waals surface area contributed by atoms with Crippen LogP contribution >= 0.6 is 0 Å². The molecule has 0 amide bonds. The van der Waals surface area contributed by atoms with Gasteiger partial charge in [0, 0.05) is 0 Å². The lowest BCUT2D eigenvalue weighted by Gasteiger charge is -2.00. The molecule has 0 saturated heterocycles. The van der Waals surface area contributed by atoms with E-state index in [1.807, 2.05) is 36.4 Å². The molecule has 0 nitrogen and oxygen atoms in total. The van der Waals surface area contributed by atoms with Crippen molar-refractivity contribution in [2.75, 3.05) is 0 Å². The Balaban J connectivity index is 0.000000223. The first-order valence-corrected chi connectivity index (χ1v) is 3.29. The standard InChI is InChI=1S/C6H6.C2HF5/c1-2-4-6-5-3-1;3-1(4)2(5,6)7/h1-6H;1H. The summed E-state index contributed by atoms with van der Waals surface area (Å²) in [4.78, 5) is 0. The Morgan fingerprint density at radius 1 is 0.692 bits per heavy atom. The van der Waals surface area contributed by atoms with Crippen molar-refractivity contribution in [2.45, 2.75) is 12.6 Å². The molecule has 1 rings (SSSR count). The highest BCUT2D eigenvalue weighted by atomic mass is 19.4. The number of rotatable bonds is 0. The Bertz CT molecular complexity index is 177. The van der Waals surface area contributed by atoms with Gasteiger partial charge in [-0.05, 0) is 0 Å². The summed E-state index contributed by atoms with van der Waals surface area (Å²) in [5.74, 6) is 0. The predicted octanol–water partition coefficient (Wildman–Crippen LogP) is 3.50. The molecule has 1 aromatic carbocycles. The second-order valence-electron chi connectivity index (χ2n) is 2.00. The third kappa shape index (κ3) is 7.24. The smallest absolute Gasteiger partial charge is 0.200 e. The first-order valence-electron chi connectivity index (χ1n) is 3.29. The van der Waals surface area contributed by atoms with Crippen molar-refractivity contribution in [1.82, 2.24) is 0 Å². The summed E-state index contributed by atoms with van der Waals surface area (Å²) in [6, 6.07) is 12.0. The zero-order chi connectivity index (χ0) is 10.3. The second kappa shape index (κ2) is 5.50. The molecule has 0 aliphatic rings. The van der Waals surface area contributed by atoms with Crippen molar-refractivity contribution in [3.8, 4) is 0 Å². The molecule has 0 heterocycles. The van der Waals surface area contributed by atoms with Gasteiger partial charge in [0.25, 0.3) is 0 Å².